The second-order valence-electron chi connectivity index (χ2n) is 9.34. The van der Waals surface area contributed by atoms with Gasteiger partial charge in [0.2, 0.25) is 0 Å². The number of carboxylic acids is 1. The SMILES string of the molecule is Cc1ncc([C@@H](CC(=O)O)n2ncc3cc(OCCc4ccc5c(n4)C[C@@H](C)CC5)ccc32)cn1. The van der Waals surface area contributed by atoms with Crippen molar-refractivity contribution in [3.8, 4) is 5.75 Å². The molecule has 0 saturated carbocycles. The number of carboxylic acid groups (broad SMARTS) is 1. The van der Waals surface area contributed by atoms with E-state index in [0.717, 1.165) is 41.6 Å². The minimum Gasteiger partial charge on any atom is -0.493 e. The van der Waals surface area contributed by atoms with E-state index < -0.39 is 12.0 Å². The largest absolute Gasteiger partial charge is 0.493 e. The highest BCUT2D eigenvalue weighted by Gasteiger charge is 2.21. The number of aliphatic carboxylic acids is 1. The van der Waals surface area contributed by atoms with Crippen LogP contribution in [0.15, 0.2) is 48.9 Å². The van der Waals surface area contributed by atoms with Crippen molar-refractivity contribution in [1.29, 1.82) is 0 Å². The third-order valence-corrected chi connectivity index (χ3v) is 6.62. The Morgan fingerprint density at radius 2 is 2.03 bits per heavy atom. The van der Waals surface area contributed by atoms with Gasteiger partial charge in [0.05, 0.1) is 30.8 Å². The first-order chi connectivity index (χ1) is 17.0. The number of aromatic nitrogens is 5. The van der Waals surface area contributed by atoms with E-state index in [2.05, 4.69) is 34.1 Å². The summed E-state index contributed by atoms with van der Waals surface area (Å²) in [6, 6.07) is 9.57. The number of fused-ring (bicyclic) bond motifs is 2. The molecule has 0 fully saturated rings. The Balaban J connectivity index is 1.29. The zero-order chi connectivity index (χ0) is 24.4. The van der Waals surface area contributed by atoms with Gasteiger partial charge >= 0.3 is 5.97 Å². The van der Waals surface area contributed by atoms with Crippen LogP contribution < -0.4 is 4.74 Å². The van der Waals surface area contributed by atoms with Crippen LogP contribution in [0.5, 0.6) is 5.75 Å². The van der Waals surface area contributed by atoms with Crippen LogP contribution in [0.1, 0.15) is 54.1 Å². The molecular formula is C27H29N5O3. The highest BCUT2D eigenvalue weighted by atomic mass is 16.5. The number of rotatable bonds is 8. The molecule has 8 nitrogen and oxygen atoms in total. The van der Waals surface area contributed by atoms with Gasteiger partial charge in [0, 0.05) is 41.2 Å². The zero-order valence-corrected chi connectivity index (χ0v) is 20.0. The molecule has 0 bridgehead atoms. The molecule has 3 aromatic heterocycles. The van der Waals surface area contributed by atoms with Gasteiger partial charge in [-0.2, -0.15) is 5.10 Å². The molecule has 180 valence electrons. The van der Waals surface area contributed by atoms with Gasteiger partial charge in [0.15, 0.2) is 0 Å². The highest BCUT2D eigenvalue weighted by Crippen LogP contribution is 2.28. The number of pyridine rings is 1. The Morgan fingerprint density at radius 1 is 1.20 bits per heavy atom. The topological polar surface area (TPSA) is 103 Å². The fraction of sp³-hybridized carbons (Fsp3) is 0.370. The van der Waals surface area contributed by atoms with Gasteiger partial charge in [-0.1, -0.05) is 13.0 Å². The van der Waals surface area contributed by atoms with Gasteiger partial charge in [-0.05, 0) is 61.9 Å². The monoisotopic (exact) mass is 471 g/mol. The molecule has 1 aliphatic carbocycles. The van der Waals surface area contributed by atoms with Crippen molar-refractivity contribution in [1.82, 2.24) is 24.7 Å². The van der Waals surface area contributed by atoms with Crippen molar-refractivity contribution in [3.05, 3.63) is 77.3 Å². The molecule has 1 aromatic carbocycles. The predicted molar refractivity (Wildman–Crippen MR) is 132 cm³/mol. The molecule has 8 heteroatoms. The van der Waals surface area contributed by atoms with Crippen LogP contribution in [-0.4, -0.2) is 42.4 Å². The summed E-state index contributed by atoms with van der Waals surface area (Å²) in [7, 11) is 0. The molecule has 0 unspecified atom stereocenters. The lowest BCUT2D eigenvalue weighted by atomic mass is 9.88. The minimum absolute atomic E-state index is 0.117. The fourth-order valence-corrected chi connectivity index (χ4v) is 4.68. The molecule has 5 rings (SSSR count). The summed E-state index contributed by atoms with van der Waals surface area (Å²) in [5.74, 6) is 1.17. The van der Waals surface area contributed by atoms with Crippen LogP contribution in [0.3, 0.4) is 0 Å². The summed E-state index contributed by atoms with van der Waals surface area (Å²) in [6.45, 7) is 4.61. The third-order valence-electron chi connectivity index (χ3n) is 6.62. The number of benzene rings is 1. The molecule has 3 heterocycles. The Labute approximate surface area is 204 Å². The number of ether oxygens (including phenoxy) is 1. The van der Waals surface area contributed by atoms with Crippen LogP contribution in [0.25, 0.3) is 10.9 Å². The van der Waals surface area contributed by atoms with Crippen LogP contribution in [0, 0.1) is 12.8 Å². The van der Waals surface area contributed by atoms with Crippen molar-refractivity contribution < 1.29 is 14.6 Å². The first-order valence-corrected chi connectivity index (χ1v) is 12.0. The van der Waals surface area contributed by atoms with E-state index in [4.69, 9.17) is 9.72 Å². The van der Waals surface area contributed by atoms with Crippen molar-refractivity contribution in [2.75, 3.05) is 6.61 Å². The van der Waals surface area contributed by atoms with E-state index in [-0.39, 0.29) is 6.42 Å². The lowest BCUT2D eigenvalue weighted by Gasteiger charge is -2.21. The van der Waals surface area contributed by atoms with Gasteiger partial charge in [0.25, 0.3) is 0 Å². The third kappa shape index (κ3) is 5.16. The molecule has 0 aliphatic heterocycles. The van der Waals surface area contributed by atoms with E-state index >= 15 is 0 Å². The second-order valence-corrected chi connectivity index (χ2v) is 9.34. The lowest BCUT2D eigenvalue weighted by Crippen LogP contribution is -2.17. The molecule has 35 heavy (non-hydrogen) atoms. The first-order valence-electron chi connectivity index (χ1n) is 12.0. The average Bonchev–Trinajstić information content (AvgIpc) is 3.26. The van der Waals surface area contributed by atoms with Crippen LogP contribution in [-0.2, 0) is 24.1 Å². The van der Waals surface area contributed by atoms with E-state index in [9.17, 15) is 9.90 Å². The smallest absolute Gasteiger partial charge is 0.305 e. The first kappa shape index (κ1) is 23.0. The fourth-order valence-electron chi connectivity index (χ4n) is 4.68. The summed E-state index contributed by atoms with van der Waals surface area (Å²) in [4.78, 5) is 24.9. The summed E-state index contributed by atoms with van der Waals surface area (Å²) in [5, 5.41) is 14.9. The quantitative estimate of drug-likeness (QED) is 0.408. The van der Waals surface area contributed by atoms with E-state index in [0.29, 0.717) is 23.9 Å². The zero-order valence-electron chi connectivity index (χ0n) is 20.0. The van der Waals surface area contributed by atoms with E-state index in [1.54, 1.807) is 30.2 Å². The van der Waals surface area contributed by atoms with Crippen LogP contribution in [0.2, 0.25) is 0 Å². The summed E-state index contributed by atoms with van der Waals surface area (Å²) in [5.41, 5.74) is 5.21. The van der Waals surface area contributed by atoms with Gasteiger partial charge < -0.3 is 9.84 Å². The van der Waals surface area contributed by atoms with Crippen LogP contribution >= 0.6 is 0 Å². The van der Waals surface area contributed by atoms with Crippen molar-refractivity contribution >= 4 is 16.9 Å². The molecule has 0 spiro atoms. The number of nitrogens with zero attached hydrogens (tertiary/aromatic N) is 5. The van der Waals surface area contributed by atoms with Gasteiger partial charge in [-0.15, -0.1) is 0 Å². The Hall–Kier alpha value is -3.81. The molecule has 0 radical (unpaired) electrons. The summed E-state index contributed by atoms with van der Waals surface area (Å²) < 4.78 is 7.75. The molecular weight excluding hydrogens is 442 g/mol. The lowest BCUT2D eigenvalue weighted by molar-refractivity contribution is -0.137. The molecule has 4 aromatic rings. The summed E-state index contributed by atoms with van der Waals surface area (Å²) >= 11 is 0. The molecule has 0 saturated heterocycles. The molecule has 0 amide bonds. The second kappa shape index (κ2) is 9.82. The van der Waals surface area contributed by atoms with E-state index in [1.807, 2.05) is 18.2 Å². The van der Waals surface area contributed by atoms with Gasteiger partial charge in [-0.25, -0.2) is 9.97 Å². The number of hydrogen-bond donors (Lipinski definition) is 1. The standard InChI is InChI=1S/C27H29N5O3/c1-17-3-4-19-5-6-22(31-24(19)11-17)9-10-35-23-7-8-25-20(12-23)16-30-32(25)26(13-27(33)34)21-14-28-18(2)29-15-21/h5-8,12,14-17,26H,3-4,9-11,13H2,1-2H3,(H,33,34)/t17-,26+/m0/s1. The Kier molecular flexibility index (Phi) is 6.44. The van der Waals surface area contributed by atoms with Crippen molar-refractivity contribution in [2.24, 2.45) is 5.92 Å². The van der Waals surface area contributed by atoms with Crippen molar-refractivity contribution in [2.45, 2.75) is 52.0 Å². The minimum atomic E-state index is -0.913. The summed E-state index contributed by atoms with van der Waals surface area (Å²) in [6.07, 6.45) is 9.11. The number of hydrogen-bond acceptors (Lipinski definition) is 6. The van der Waals surface area contributed by atoms with E-state index in [1.165, 1.54) is 17.7 Å². The molecule has 1 aliphatic rings. The highest BCUT2D eigenvalue weighted by molar-refractivity contribution is 5.81. The average molecular weight is 472 g/mol. The molecule has 1 N–H and O–H groups in total. The number of carbonyl (C=O) groups is 1. The maximum Gasteiger partial charge on any atom is 0.305 e. The number of aryl methyl sites for hydroxylation is 2. The Morgan fingerprint density at radius 3 is 2.83 bits per heavy atom. The maximum atomic E-state index is 11.6. The maximum absolute atomic E-state index is 11.6. The molecule has 2 atom stereocenters. The van der Waals surface area contributed by atoms with Gasteiger partial charge in [-0.3, -0.25) is 14.5 Å². The predicted octanol–water partition coefficient (Wildman–Crippen LogP) is 4.34. The van der Waals surface area contributed by atoms with Crippen LogP contribution in [0.4, 0.5) is 0 Å². The Bertz CT molecular complexity index is 1350. The van der Waals surface area contributed by atoms with Gasteiger partial charge in [0.1, 0.15) is 11.6 Å². The normalized spacial score (nSPS) is 16.1. The van der Waals surface area contributed by atoms with Crippen molar-refractivity contribution in [3.63, 3.8) is 0 Å².